The number of hydrogen-bond acceptors (Lipinski definition) is 1. The number of amides is 1. The van der Waals surface area contributed by atoms with Crippen molar-refractivity contribution in [1.29, 1.82) is 0 Å². The van der Waals surface area contributed by atoms with Gasteiger partial charge in [0.1, 0.15) is 5.82 Å². The zero-order valence-corrected chi connectivity index (χ0v) is 9.68. The Bertz CT molecular complexity index is 390. The summed E-state index contributed by atoms with van der Waals surface area (Å²) < 4.78 is 13.5. The molecule has 0 saturated heterocycles. The third kappa shape index (κ3) is 2.37. The molecule has 2 rings (SSSR count). The van der Waals surface area contributed by atoms with E-state index >= 15 is 0 Å². The van der Waals surface area contributed by atoms with Crippen LogP contribution in [0, 0.1) is 5.82 Å². The fourth-order valence-electron chi connectivity index (χ4n) is 1.46. The zero-order chi connectivity index (χ0) is 10.8. The average molecular weight is 272 g/mol. The number of nitrogens with one attached hydrogen (secondary N) is 1. The standard InChI is InChI=1S/C11H11BrFNO/c12-9-5-4-7(6-10(9)13)11(15)14-8-2-1-3-8/h4-6,8H,1-3H2,(H,14,15). The molecule has 4 heteroatoms. The third-order valence-electron chi connectivity index (χ3n) is 2.62. The summed E-state index contributed by atoms with van der Waals surface area (Å²) in [6.45, 7) is 0. The van der Waals surface area contributed by atoms with Crippen molar-refractivity contribution >= 4 is 21.8 Å². The van der Waals surface area contributed by atoms with Crippen LogP contribution in [-0.2, 0) is 0 Å². The molecular formula is C11H11BrFNO. The van der Waals surface area contributed by atoms with Crippen LogP contribution in [0.15, 0.2) is 22.7 Å². The first-order valence-electron chi connectivity index (χ1n) is 4.93. The maximum absolute atomic E-state index is 13.1. The van der Waals surface area contributed by atoms with Gasteiger partial charge in [-0.25, -0.2) is 4.39 Å². The quantitative estimate of drug-likeness (QED) is 0.881. The second-order valence-corrected chi connectivity index (χ2v) is 4.58. The topological polar surface area (TPSA) is 29.1 Å². The summed E-state index contributed by atoms with van der Waals surface area (Å²) in [5.74, 6) is -0.595. The molecule has 2 nitrogen and oxygen atoms in total. The van der Waals surface area contributed by atoms with Crippen LogP contribution in [0.2, 0.25) is 0 Å². The fourth-order valence-corrected chi connectivity index (χ4v) is 1.71. The predicted molar refractivity (Wildman–Crippen MR) is 59.2 cm³/mol. The number of benzene rings is 1. The molecule has 0 aromatic heterocycles. The van der Waals surface area contributed by atoms with Crippen molar-refractivity contribution in [3.63, 3.8) is 0 Å². The number of carbonyl (C=O) groups excluding carboxylic acids is 1. The van der Waals surface area contributed by atoms with Crippen molar-refractivity contribution in [3.8, 4) is 0 Å². The second-order valence-electron chi connectivity index (χ2n) is 3.73. The van der Waals surface area contributed by atoms with Gasteiger partial charge in [-0.1, -0.05) is 0 Å². The molecule has 1 fully saturated rings. The average Bonchev–Trinajstić information content (AvgIpc) is 2.15. The molecule has 1 amide bonds. The van der Waals surface area contributed by atoms with Crippen molar-refractivity contribution in [2.45, 2.75) is 25.3 Å². The Kier molecular flexibility index (Phi) is 3.05. The molecule has 0 atom stereocenters. The van der Waals surface area contributed by atoms with E-state index in [1.165, 1.54) is 12.5 Å². The van der Waals surface area contributed by atoms with E-state index in [1.807, 2.05) is 0 Å². The van der Waals surface area contributed by atoms with E-state index in [9.17, 15) is 9.18 Å². The summed E-state index contributed by atoms with van der Waals surface area (Å²) in [5, 5.41) is 2.86. The molecule has 1 saturated carbocycles. The lowest BCUT2D eigenvalue weighted by Gasteiger charge is -2.26. The molecule has 0 heterocycles. The highest BCUT2D eigenvalue weighted by atomic mass is 79.9. The van der Waals surface area contributed by atoms with Crippen molar-refractivity contribution in [2.24, 2.45) is 0 Å². The summed E-state index contributed by atoms with van der Waals surface area (Å²) in [5.41, 5.74) is 0.377. The Hall–Kier alpha value is -0.900. The maximum atomic E-state index is 13.1. The van der Waals surface area contributed by atoms with Gasteiger partial charge < -0.3 is 5.32 Å². The molecule has 1 aromatic rings. The molecule has 15 heavy (non-hydrogen) atoms. The van der Waals surface area contributed by atoms with Gasteiger partial charge in [-0.3, -0.25) is 4.79 Å². The largest absolute Gasteiger partial charge is 0.349 e. The molecule has 0 bridgehead atoms. The third-order valence-corrected chi connectivity index (χ3v) is 3.27. The molecule has 1 aliphatic rings. The smallest absolute Gasteiger partial charge is 0.251 e. The van der Waals surface area contributed by atoms with E-state index in [0.717, 1.165) is 12.8 Å². The monoisotopic (exact) mass is 271 g/mol. The van der Waals surface area contributed by atoms with Gasteiger partial charge in [0.15, 0.2) is 0 Å². The number of hydrogen-bond donors (Lipinski definition) is 1. The zero-order valence-electron chi connectivity index (χ0n) is 8.09. The summed E-state index contributed by atoms with van der Waals surface area (Å²) in [7, 11) is 0. The summed E-state index contributed by atoms with van der Waals surface area (Å²) in [4.78, 5) is 11.6. The highest BCUT2D eigenvalue weighted by molar-refractivity contribution is 9.10. The Morgan fingerprint density at radius 3 is 2.73 bits per heavy atom. The van der Waals surface area contributed by atoms with Crippen molar-refractivity contribution < 1.29 is 9.18 Å². The highest BCUT2D eigenvalue weighted by Crippen LogP contribution is 2.20. The Labute approximate surface area is 96.0 Å². The van der Waals surface area contributed by atoms with Gasteiger partial charge in [0.25, 0.3) is 5.91 Å². The minimum absolute atomic E-state index is 0.189. The first kappa shape index (κ1) is 10.6. The molecule has 0 spiro atoms. The lowest BCUT2D eigenvalue weighted by Crippen LogP contribution is -2.39. The van der Waals surface area contributed by atoms with Crippen molar-refractivity contribution in [3.05, 3.63) is 34.1 Å². The van der Waals surface area contributed by atoms with Crippen LogP contribution in [0.1, 0.15) is 29.6 Å². The minimum atomic E-state index is -0.406. The first-order valence-corrected chi connectivity index (χ1v) is 5.72. The van der Waals surface area contributed by atoms with Crippen LogP contribution >= 0.6 is 15.9 Å². The van der Waals surface area contributed by atoms with Crippen LogP contribution in [0.5, 0.6) is 0 Å². The second kappa shape index (κ2) is 4.31. The normalized spacial score (nSPS) is 15.9. The highest BCUT2D eigenvalue weighted by Gasteiger charge is 2.20. The summed E-state index contributed by atoms with van der Waals surface area (Å²) in [6.07, 6.45) is 3.23. The molecule has 1 aromatic carbocycles. The molecule has 80 valence electrons. The van der Waals surface area contributed by atoms with E-state index in [1.54, 1.807) is 12.1 Å². The summed E-state index contributed by atoms with van der Waals surface area (Å²) in [6, 6.07) is 4.69. The number of halogens is 2. The van der Waals surface area contributed by atoms with E-state index < -0.39 is 5.82 Å². The van der Waals surface area contributed by atoms with Crippen LogP contribution in [0.3, 0.4) is 0 Å². The molecule has 0 unspecified atom stereocenters. The summed E-state index contributed by atoms with van der Waals surface area (Å²) >= 11 is 3.05. The van der Waals surface area contributed by atoms with Gasteiger partial charge in [0, 0.05) is 11.6 Å². The number of rotatable bonds is 2. The van der Waals surface area contributed by atoms with Crippen molar-refractivity contribution in [2.75, 3.05) is 0 Å². The van der Waals surface area contributed by atoms with Gasteiger partial charge in [0.05, 0.1) is 4.47 Å². The van der Waals surface area contributed by atoms with Gasteiger partial charge in [0.2, 0.25) is 0 Å². The van der Waals surface area contributed by atoms with E-state index in [2.05, 4.69) is 21.2 Å². The molecule has 1 aliphatic carbocycles. The van der Waals surface area contributed by atoms with Crippen LogP contribution in [0.25, 0.3) is 0 Å². The van der Waals surface area contributed by atoms with Gasteiger partial charge in [-0.2, -0.15) is 0 Å². The lowest BCUT2D eigenvalue weighted by atomic mass is 9.93. The number of carbonyl (C=O) groups is 1. The molecule has 0 aliphatic heterocycles. The predicted octanol–water partition coefficient (Wildman–Crippen LogP) is 2.87. The van der Waals surface area contributed by atoms with Crippen LogP contribution in [0.4, 0.5) is 4.39 Å². The van der Waals surface area contributed by atoms with E-state index in [0.29, 0.717) is 10.0 Å². The van der Waals surface area contributed by atoms with Gasteiger partial charge >= 0.3 is 0 Å². The van der Waals surface area contributed by atoms with Gasteiger partial charge in [-0.15, -0.1) is 0 Å². The van der Waals surface area contributed by atoms with Gasteiger partial charge in [-0.05, 0) is 53.4 Å². The first-order chi connectivity index (χ1) is 7.16. The molecular weight excluding hydrogens is 261 g/mol. The van der Waals surface area contributed by atoms with Crippen LogP contribution in [-0.4, -0.2) is 11.9 Å². The molecule has 0 radical (unpaired) electrons. The Morgan fingerprint density at radius 2 is 2.20 bits per heavy atom. The van der Waals surface area contributed by atoms with E-state index in [4.69, 9.17) is 0 Å². The Morgan fingerprint density at radius 1 is 1.47 bits per heavy atom. The molecule has 1 N–H and O–H groups in total. The lowest BCUT2D eigenvalue weighted by molar-refractivity contribution is 0.0916. The van der Waals surface area contributed by atoms with E-state index in [-0.39, 0.29) is 11.9 Å². The Balaban J connectivity index is 2.07. The van der Waals surface area contributed by atoms with Crippen molar-refractivity contribution in [1.82, 2.24) is 5.32 Å². The van der Waals surface area contributed by atoms with Crippen LogP contribution < -0.4 is 5.32 Å². The maximum Gasteiger partial charge on any atom is 0.251 e. The minimum Gasteiger partial charge on any atom is -0.349 e. The fraction of sp³-hybridized carbons (Fsp3) is 0.364. The SMILES string of the molecule is O=C(NC1CCC1)c1ccc(Br)c(F)c1.